The Hall–Kier alpha value is 0.110. The maximum absolute atomic E-state index is 5.89. The highest BCUT2D eigenvalue weighted by atomic mass is 35.5. The average Bonchev–Trinajstić information content (AvgIpc) is 2.07. The Morgan fingerprint density at radius 3 is 1.92 bits per heavy atom. The Labute approximate surface area is 96.4 Å². The minimum atomic E-state index is 0.153. The average molecular weight is 260 g/mol. The summed E-state index contributed by atoms with van der Waals surface area (Å²) in [5.74, 6) is 0.501. The number of hydrogen-bond acceptors (Lipinski definition) is 2. The summed E-state index contributed by atoms with van der Waals surface area (Å²) in [5, 5.41) is 0.867. The Morgan fingerprint density at radius 1 is 0.923 bits per heavy atom. The van der Waals surface area contributed by atoms with E-state index in [0.717, 1.165) is 0 Å². The summed E-state index contributed by atoms with van der Waals surface area (Å²) in [6, 6.07) is 0. The van der Waals surface area contributed by atoms with Crippen molar-refractivity contribution < 1.29 is 0 Å². The fourth-order valence-corrected chi connectivity index (χ4v) is 1.66. The molecule has 6 heteroatoms. The molecule has 0 aliphatic heterocycles. The Balaban J connectivity index is 3.41. The van der Waals surface area contributed by atoms with Crippen LogP contribution in [-0.4, -0.2) is 19.1 Å². The molecule has 0 aromatic carbocycles. The van der Waals surface area contributed by atoms with E-state index in [9.17, 15) is 0 Å². The van der Waals surface area contributed by atoms with Crippen LogP contribution in [0.3, 0.4) is 0 Å². The van der Waals surface area contributed by atoms with Crippen LogP contribution in [0.1, 0.15) is 0 Å². The molecule has 2 nitrogen and oxygen atoms in total. The zero-order valence-corrected chi connectivity index (χ0v) is 9.93. The third-order valence-electron chi connectivity index (χ3n) is 1.39. The van der Waals surface area contributed by atoms with E-state index in [1.165, 1.54) is 0 Å². The van der Waals surface area contributed by atoms with Gasteiger partial charge in [0.2, 0.25) is 0 Å². The maximum atomic E-state index is 5.89. The van der Waals surface area contributed by atoms with Gasteiger partial charge >= 0.3 is 0 Å². The van der Waals surface area contributed by atoms with Gasteiger partial charge in [-0.05, 0) is 0 Å². The predicted molar refractivity (Wildman–Crippen MR) is 58.6 cm³/mol. The molecule has 1 aromatic rings. The molecular weight excluding hydrogens is 254 g/mol. The molecule has 0 fully saturated rings. The summed E-state index contributed by atoms with van der Waals surface area (Å²) < 4.78 is 0. The Kier molecular flexibility index (Phi) is 3.52. The summed E-state index contributed by atoms with van der Waals surface area (Å²) >= 11 is 23.2. The van der Waals surface area contributed by atoms with E-state index in [1.54, 1.807) is 19.0 Å². The van der Waals surface area contributed by atoms with Crippen LogP contribution in [0.4, 0.5) is 5.82 Å². The van der Waals surface area contributed by atoms with Gasteiger partial charge in [-0.25, -0.2) is 4.98 Å². The summed E-state index contributed by atoms with van der Waals surface area (Å²) in [4.78, 5) is 5.68. The van der Waals surface area contributed by atoms with Gasteiger partial charge in [0, 0.05) is 14.1 Å². The van der Waals surface area contributed by atoms with Crippen LogP contribution in [0.15, 0.2) is 0 Å². The van der Waals surface area contributed by atoms with Crippen molar-refractivity contribution in [3.8, 4) is 0 Å². The van der Waals surface area contributed by atoms with Gasteiger partial charge < -0.3 is 4.90 Å². The van der Waals surface area contributed by atoms with Gasteiger partial charge in [-0.15, -0.1) is 0 Å². The van der Waals surface area contributed by atoms with Gasteiger partial charge in [0.1, 0.15) is 10.8 Å². The van der Waals surface area contributed by atoms with Crippen molar-refractivity contribution in [3.63, 3.8) is 0 Å². The second-order valence-electron chi connectivity index (χ2n) is 2.56. The molecular formula is C7H6Cl4N2. The number of nitrogens with zero attached hydrogens (tertiary/aromatic N) is 2. The Bertz CT molecular complexity index is 338. The lowest BCUT2D eigenvalue weighted by Gasteiger charge is -2.14. The van der Waals surface area contributed by atoms with Crippen LogP contribution >= 0.6 is 46.4 Å². The van der Waals surface area contributed by atoms with Gasteiger partial charge in [-0.1, -0.05) is 46.4 Å². The molecule has 0 bridgehead atoms. The zero-order valence-electron chi connectivity index (χ0n) is 6.91. The number of rotatable bonds is 1. The number of hydrogen-bond donors (Lipinski definition) is 0. The molecule has 0 saturated heterocycles. The fourth-order valence-electron chi connectivity index (χ4n) is 0.773. The fraction of sp³-hybridized carbons (Fsp3) is 0.286. The van der Waals surface area contributed by atoms with E-state index >= 15 is 0 Å². The molecule has 1 aromatic heterocycles. The lowest BCUT2D eigenvalue weighted by Crippen LogP contribution is -2.11. The molecule has 0 radical (unpaired) electrons. The van der Waals surface area contributed by atoms with Crippen molar-refractivity contribution in [2.45, 2.75) is 0 Å². The minimum absolute atomic E-state index is 0.153. The third kappa shape index (κ3) is 2.13. The number of halogens is 4. The first-order valence-corrected chi connectivity index (χ1v) is 4.83. The van der Waals surface area contributed by atoms with Crippen LogP contribution in [0.5, 0.6) is 0 Å². The third-order valence-corrected chi connectivity index (χ3v) is 3.06. The van der Waals surface area contributed by atoms with Crippen molar-refractivity contribution in [2.75, 3.05) is 19.0 Å². The van der Waals surface area contributed by atoms with Gasteiger partial charge in [-0.2, -0.15) is 0 Å². The topological polar surface area (TPSA) is 16.1 Å². The molecule has 0 N–H and O–H groups in total. The van der Waals surface area contributed by atoms with Crippen molar-refractivity contribution >= 4 is 52.2 Å². The standard InChI is InChI=1S/C7H6Cl4N2/c1-13(2)7-5(10)3(8)4(9)6(11)12-7/h1-2H3. The molecule has 13 heavy (non-hydrogen) atoms. The quantitative estimate of drug-likeness (QED) is 0.714. The summed E-state index contributed by atoms with van der Waals surface area (Å²) in [6.07, 6.45) is 0. The maximum Gasteiger partial charge on any atom is 0.151 e. The van der Waals surface area contributed by atoms with E-state index in [4.69, 9.17) is 46.4 Å². The van der Waals surface area contributed by atoms with Crippen molar-refractivity contribution in [2.24, 2.45) is 0 Å². The summed E-state index contributed by atoms with van der Waals surface area (Å²) in [5.41, 5.74) is 0. The largest absolute Gasteiger partial charge is 0.361 e. The second-order valence-corrected chi connectivity index (χ2v) is 4.05. The highest BCUT2D eigenvalue weighted by Crippen LogP contribution is 2.39. The van der Waals surface area contributed by atoms with Gasteiger partial charge in [0.25, 0.3) is 0 Å². The number of aromatic nitrogens is 1. The van der Waals surface area contributed by atoms with E-state index in [2.05, 4.69) is 4.98 Å². The molecule has 0 saturated carbocycles. The predicted octanol–water partition coefficient (Wildman–Crippen LogP) is 3.76. The minimum Gasteiger partial charge on any atom is -0.361 e. The first kappa shape index (κ1) is 11.2. The van der Waals surface area contributed by atoms with Crippen LogP contribution in [-0.2, 0) is 0 Å². The normalized spacial score (nSPS) is 10.3. The second kappa shape index (κ2) is 4.09. The highest BCUT2D eigenvalue weighted by Gasteiger charge is 2.15. The molecule has 0 amide bonds. The lowest BCUT2D eigenvalue weighted by molar-refractivity contribution is 1.07. The molecule has 0 atom stereocenters. The van der Waals surface area contributed by atoms with E-state index in [-0.39, 0.29) is 15.2 Å². The molecule has 0 unspecified atom stereocenters. The van der Waals surface area contributed by atoms with Crippen molar-refractivity contribution in [3.05, 3.63) is 20.2 Å². The van der Waals surface area contributed by atoms with Crippen LogP contribution in [0.2, 0.25) is 20.2 Å². The molecule has 0 spiro atoms. The number of anilines is 1. The molecule has 0 aliphatic carbocycles. The Morgan fingerprint density at radius 2 is 1.46 bits per heavy atom. The van der Waals surface area contributed by atoms with E-state index in [1.807, 2.05) is 0 Å². The molecule has 72 valence electrons. The van der Waals surface area contributed by atoms with Crippen LogP contribution in [0.25, 0.3) is 0 Å². The molecule has 1 rings (SSSR count). The molecule has 0 aliphatic rings. The first-order valence-electron chi connectivity index (χ1n) is 3.32. The summed E-state index contributed by atoms with van der Waals surface area (Å²) in [7, 11) is 3.57. The lowest BCUT2D eigenvalue weighted by atomic mass is 10.4. The van der Waals surface area contributed by atoms with E-state index < -0.39 is 0 Å². The van der Waals surface area contributed by atoms with Gasteiger partial charge in [-0.3, -0.25) is 0 Å². The molecule has 1 heterocycles. The van der Waals surface area contributed by atoms with Crippen LogP contribution < -0.4 is 4.90 Å². The summed E-state index contributed by atoms with van der Waals surface area (Å²) in [6.45, 7) is 0. The SMILES string of the molecule is CN(C)c1nc(Cl)c(Cl)c(Cl)c1Cl. The smallest absolute Gasteiger partial charge is 0.151 e. The highest BCUT2D eigenvalue weighted by molar-refractivity contribution is 6.52. The van der Waals surface area contributed by atoms with Crippen molar-refractivity contribution in [1.82, 2.24) is 4.98 Å². The van der Waals surface area contributed by atoms with Crippen molar-refractivity contribution in [1.29, 1.82) is 0 Å². The zero-order chi connectivity index (χ0) is 10.2. The monoisotopic (exact) mass is 258 g/mol. The van der Waals surface area contributed by atoms with Gasteiger partial charge in [0.15, 0.2) is 5.15 Å². The first-order chi connectivity index (χ1) is 5.95. The number of pyridine rings is 1. The van der Waals surface area contributed by atoms with Gasteiger partial charge in [0.05, 0.1) is 10.0 Å². The van der Waals surface area contributed by atoms with Crippen LogP contribution in [0, 0.1) is 0 Å². The van der Waals surface area contributed by atoms with E-state index in [0.29, 0.717) is 10.8 Å².